The van der Waals surface area contributed by atoms with Crippen LogP contribution < -0.4 is 6.15 Å². The maximum Gasteiger partial charge on any atom is 0.194 e. The Labute approximate surface area is 164 Å². The minimum atomic E-state index is -0.0438. The topological polar surface area (TPSA) is 77.9 Å². The van der Waals surface area contributed by atoms with Crippen LogP contribution in [-0.2, 0) is 6.42 Å². The SMILES string of the molecule is N.O=C(c1ccccc1)c1cnnc(-c2ccccc2)c1.c1cc2cc(c1)C2. The van der Waals surface area contributed by atoms with Crippen LogP contribution in [0.4, 0.5) is 0 Å². The van der Waals surface area contributed by atoms with Gasteiger partial charge in [-0.1, -0.05) is 84.9 Å². The summed E-state index contributed by atoms with van der Waals surface area (Å²) in [6.45, 7) is 0. The molecule has 6 rings (SSSR count). The molecular formula is C24H21N3O. The summed E-state index contributed by atoms with van der Waals surface area (Å²) in [5, 5.41) is 8.02. The summed E-state index contributed by atoms with van der Waals surface area (Å²) in [5.41, 5.74) is 5.81. The van der Waals surface area contributed by atoms with Gasteiger partial charge >= 0.3 is 0 Å². The summed E-state index contributed by atoms with van der Waals surface area (Å²) in [5.74, 6) is -0.0438. The smallest absolute Gasteiger partial charge is 0.194 e. The third-order valence-electron chi connectivity index (χ3n) is 4.42. The van der Waals surface area contributed by atoms with E-state index in [0.717, 1.165) is 5.56 Å². The fourth-order valence-electron chi connectivity index (χ4n) is 2.95. The van der Waals surface area contributed by atoms with Gasteiger partial charge < -0.3 is 6.15 Å². The van der Waals surface area contributed by atoms with Crippen LogP contribution >= 0.6 is 0 Å². The van der Waals surface area contributed by atoms with Crippen molar-refractivity contribution in [3.05, 3.63) is 119 Å². The van der Waals surface area contributed by atoms with E-state index in [9.17, 15) is 4.79 Å². The average molecular weight is 367 g/mol. The lowest BCUT2D eigenvalue weighted by molar-refractivity contribution is 0.103. The van der Waals surface area contributed by atoms with Gasteiger partial charge in [-0.3, -0.25) is 4.79 Å². The Morgan fingerprint density at radius 3 is 1.86 bits per heavy atom. The number of nitrogens with zero attached hydrogens (tertiary/aromatic N) is 2. The van der Waals surface area contributed by atoms with E-state index in [-0.39, 0.29) is 11.9 Å². The molecule has 1 aromatic heterocycles. The molecule has 0 saturated heterocycles. The number of ketones is 1. The fourth-order valence-corrected chi connectivity index (χ4v) is 2.95. The molecule has 0 saturated carbocycles. The number of hydrogen-bond acceptors (Lipinski definition) is 4. The third kappa shape index (κ3) is 4.37. The second kappa shape index (κ2) is 8.84. The van der Waals surface area contributed by atoms with E-state index in [2.05, 4.69) is 34.5 Å². The average Bonchev–Trinajstić information content (AvgIpc) is 2.75. The molecule has 4 nitrogen and oxygen atoms in total. The van der Waals surface area contributed by atoms with Crippen molar-refractivity contribution in [2.75, 3.05) is 0 Å². The third-order valence-corrected chi connectivity index (χ3v) is 4.42. The first-order valence-electron chi connectivity index (χ1n) is 8.85. The van der Waals surface area contributed by atoms with Crippen LogP contribution in [0.15, 0.2) is 97.2 Å². The zero-order chi connectivity index (χ0) is 18.5. The highest BCUT2D eigenvalue weighted by atomic mass is 16.1. The van der Waals surface area contributed by atoms with Gasteiger partial charge in [0.15, 0.2) is 5.78 Å². The molecule has 0 radical (unpaired) electrons. The molecule has 0 amide bonds. The van der Waals surface area contributed by atoms with Gasteiger partial charge in [0, 0.05) is 16.7 Å². The summed E-state index contributed by atoms with van der Waals surface area (Å²) < 4.78 is 0. The zero-order valence-corrected chi connectivity index (χ0v) is 15.5. The van der Waals surface area contributed by atoms with Gasteiger partial charge in [0.1, 0.15) is 0 Å². The quantitative estimate of drug-likeness (QED) is 0.449. The molecule has 4 heteroatoms. The van der Waals surface area contributed by atoms with Gasteiger partial charge in [-0.2, -0.15) is 10.2 Å². The molecule has 1 heterocycles. The van der Waals surface area contributed by atoms with Crippen molar-refractivity contribution in [2.45, 2.75) is 6.42 Å². The van der Waals surface area contributed by atoms with Crippen molar-refractivity contribution in [1.29, 1.82) is 0 Å². The lowest BCUT2D eigenvalue weighted by atomic mass is 9.94. The van der Waals surface area contributed by atoms with Gasteiger partial charge in [0.25, 0.3) is 0 Å². The summed E-state index contributed by atoms with van der Waals surface area (Å²) >= 11 is 0. The van der Waals surface area contributed by atoms with Crippen LogP contribution in [0.1, 0.15) is 27.0 Å². The van der Waals surface area contributed by atoms with Gasteiger partial charge in [-0.05, 0) is 23.6 Å². The van der Waals surface area contributed by atoms with Crippen molar-refractivity contribution >= 4 is 5.78 Å². The maximum atomic E-state index is 12.4. The van der Waals surface area contributed by atoms with E-state index in [1.165, 1.54) is 23.7 Å². The lowest BCUT2D eigenvalue weighted by Crippen LogP contribution is -2.03. The maximum absolute atomic E-state index is 12.4. The summed E-state index contributed by atoms with van der Waals surface area (Å²) in [4.78, 5) is 12.4. The predicted octanol–water partition coefficient (Wildman–Crippen LogP) is 5.13. The number of carbonyl (C=O) groups is 1. The van der Waals surface area contributed by atoms with E-state index >= 15 is 0 Å². The van der Waals surface area contributed by atoms with Crippen LogP contribution in [0.2, 0.25) is 0 Å². The largest absolute Gasteiger partial charge is 0.344 e. The van der Waals surface area contributed by atoms with E-state index in [4.69, 9.17) is 0 Å². The number of carbonyl (C=O) groups excluding carboxylic acids is 1. The van der Waals surface area contributed by atoms with Gasteiger partial charge in [0.2, 0.25) is 0 Å². The monoisotopic (exact) mass is 367 g/mol. The van der Waals surface area contributed by atoms with Crippen LogP contribution in [-0.4, -0.2) is 16.0 Å². The second-order valence-electron chi connectivity index (χ2n) is 6.39. The molecule has 4 aromatic rings. The molecule has 3 N–H and O–H groups in total. The molecular weight excluding hydrogens is 346 g/mol. The Balaban J connectivity index is 0.000000235. The Morgan fingerprint density at radius 2 is 1.32 bits per heavy atom. The number of benzene rings is 3. The normalized spacial score (nSPS) is 10.6. The first kappa shape index (κ1) is 19.1. The van der Waals surface area contributed by atoms with Crippen molar-refractivity contribution in [1.82, 2.24) is 16.3 Å². The van der Waals surface area contributed by atoms with E-state index in [1.54, 1.807) is 18.2 Å². The number of aromatic nitrogens is 2. The Hall–Kier alpha value is -3.63. The van der Waals surface area contributed by atoms with Crippen molar-refractivity contribution in [3.8, 4) is 11.3 Å². The summed E-state index contributed by atoms with van der Waals surface area (Å²) in [7, 11) is 0. The number of fused-ring (bicyclic) bond motifs is 2. The van der Waals surface area contributed by atoms with Crippen LogP contribution in [0.3, 0.4) is 0 Å². The minimum absolute atomic E-state index is 0. The highest BCUT2D eigenvalue weighted by Crippen LogP contribution is 2.19. The Kier molecular flexibility index (Phi) is 6.04. The molecule has 3 aromatic carbocycles. The molecule has 138 valence electrons. The molecule has 0 aliphatic heterocycles. The predicted molar refractivity (Wildman–Crippen MR) is 112 cm³/mol. The van der Waals surface area contributed by atoms with Crippen LogP contribution in [0.5, 0.6) is 0 Å². The summed E-state index contributed by atoms with van der Waals surface area (Å²) in [6.07, 6.45) is 2.72. The Morgan fingerprint density at radius 1 is 0.714 bits per heavy atom. The van der Waals surface area contributed by atoms with Crippen molar-refractivity contribution in [3.63, 3.8) is 0 Å². The van der Waals surface area contributed by atoms with Crippen molar-refractivity contribution in [2.24, 2.45) is 0 Å². The standard InChI is InChI=1S/C17H12N2O.C7H6.H3N/c20-17(14-9-5-2-6-10-14)15-11-16(19-18-12-15)13-7-3-1-4-8-13;1-2-6-4-7(3-1)5-6;/h1-12H;1-4H,5H2;1H3. The second-order valence-corrected chi connectivity index (χ2v) is 6.39. The van der Waals surface area contributed by atoms with Gasteiger partial charge in [0.05, 0.1) is 11.9 Å². The highest BCUT2D eigenvalue weighted by Gasteiger charge is 2.11. The first-order valence-corrected chi connectivity index (χ1v) is 8.85. The van der Waals surface area contributed by atoms with E-state index in [1.807, 2.05) is 48.5 Å². The molecule has 0 fully saturated rings. The highest BCUT2D eigenvalue weighted by molar-refractivity contribution is 6.09. The van der Waals surface area contributed by atoms with Crippen LogP contribution in [0, 0.1) is 0 Å². The van der Waals surface area contributed by atoms with Crippen molar-refractivity contribution < 1.29 is 4.79 Å². The van der Waals surface area contributed by atoms with E-state index in [0.29, 0.717) is 16.8 Å². The molecule has 2 aliphatic rings. The lowest BCUT2D eigenvalue weighted by Gasteiger charge is -2.11. The minimum Gasteiger partial charge on any atom is -0.344 e. The van der Waals surface area contributed by atoms with Crippen LogP contribution in [0.25, 0.3) is 11.3 Å². The molecule has 0 atom stereocenters. The van der Waals surface area contributed by atoms with E-state index < -0.39 is 0 Å². The molecule has 2 bridgehead atoms. The number of rotatable bonds is 3. The van der Waals surface area contributed by atoms with Gasteiger partial charge in [-0.15, -0.1) is 0 Å². The summed E-state index contributed by atoms with van der Waals surface area (Å²) in [6, 6.07) is 29.3. The number of hydrogen-bond donors (Lipinski definition) is 1. The molecule has 2 aliphatic carbocycles. The molecule has 0 unspecified atom stereocenters. The van der Waals surface area contributed by atoms with Gasteiger partial charge in [-0.25, -0.2) is 0 Å². The first-order chi connectivity index (χ1) is 13.3. The fraction of sp³-hybridized carbons (Fsp3) is 0.0417. The Bertz CT molecular complexity index is 1040. The molecule has 0 spiro atoms. The molecule has 28 heavy (non-hydrogen) atoms. The zero-order valence-electron chi connectivity index (χ0n) is 15.5.